The molecule has 1 amide bonds. The molecule has 8 heteroatoms. The molecule has 1 aliphatic heterocycles. The Hall–Kier alpha value is -2.06. The van der Waals surface area contributed by atoms with Crippen LogP contribution in [-0.2, 0) is 19.2 Å². The Morgan fingerprint density at radius 2 is 1.79 bits per heavy atom. The van der Waals surface area contributed by atoms with E-state index in [1.165, 1.54) is 12.1 Å². The maximum Gasteiger partial charge on any atom is 0.425 e. The Balaban J connectivity index is 1.98. The van der Waals surface area contributed by atoms with Gasteiger partial charge in [-0.15, -0.1) is 0 Å². The molecule has 1 aromatic carbocycles. The van der Waals surface area contributed by atoms with E-state index >= 15 is 0 Å². The summed E-state index contributed by atoms with van der Waals surface area (Å²) in [6.45, 7) is 12.4. The predicted molar refractivity (Wildman–Crippen MR) is 110 cm³/mol. The number of allylic oxidation sites excluding steroid dienone is 1. The number of cyclic esters (lactones) is 1. The predicted octanol–water partition coefficient (Wildman–Crippen LogP) is 4.35. The van der Waals surface area contributed by atoms with E-state index in [1.54, 1.807) is 30.4 Å². The maximum atomic E-state index is 13.2. The number of carbonyl (C=O) groups excluding carboxylic acids is 1. The molecule has 1 aromatic rings. The number of nitrogens with zero attached hydrogens (tertiary/aromatic N) is 1. The van der Waals surface area contributed by atoms with Crippen molar-refractivity contribution >= 4 is 24.4 Å². The molecule has 0 radical (unpaired) electrons. The third-order valence-electron chi connectivity index (χ3n) is 5.64. The van der Waals surface area contributed by atoms with E-state index < -0.39 is 30.0 Å². The second-order valence-corrected chi connectivity index (χ2v) is 15.4. The van der Waals surface area contributed by atoms with Gasteiger partial charge in [0, 0.05) is 0 Å². The summed E-state index contributed by atoms with van der Waals surface area (Å²) in [5.41, 5.74) is -0.262. The minimum absolute atomic E-state index is 0.00685. The number of carbonyl (C=O) groups is 1. The SMILES string of the molecule is Cc1ccc(S(=O)(=O)N2C(=O)OC[C@@]23C=CC(O[Si](C)(C)C(C)(C)C)=C3)cc1. The Bertz CT molecular complexity index is 957. The van der Waals surface area contributed by atoms with Gasteiger partial charge in [0.15, 0.2) is 0 Å². The normalized spacial score (nSPS) is 22.6. The number of hydrogen-bond donors (Lipinski definition) is 0. The minimum atomic E-state index is -4.07. The van der Waals surface area contributed by atoms with Gasteiger partial charge >= 0.3 is 6.09 Å². The lowest BCUT2D eigenvalue weighted by Crippen LogP contribution is -2.47. The van der Waals surface area contributed by atoms with Gasteiger partial charge in [0.1, 0.15) is 17.9 Å². The average molecular weight is 422 g/mol. The lowest BCUT2D eigenvalue weighted by atomic mass is 10.1. The van der Waals surface area contributed by atoms with Crippen LogP contribution in [0.1, 0.15) is 26.3 Å². The van der Waals surface area contributed by atoms with Crippen LogP contribution in [0.2, 0.25) is 18.1 Å². The van der Waals surface area contributed by atoms with Crippen molar-refractivity contribution in [1.29, 1.82) is 0 Å². The highest BCUT2D eigenvalue weighted by Crippen LogP contribution is 2.42. The van der Waals surface area contributed by atoms with Gasteiger partial charge in [-0.2, -0.15) is 4.31 Å². The van der Waals surface area contributed by atoms with Gasteiger partial charge in [0.05, 0.1) is 4.90 Å². The summed E-state index contributed by atoms with van der Waals surface area (Å²) in [7, 11) is -6.18. The summed E-state index contributed by atoms with van der Waals surface area (Å²) in [6.07, 6.45) is 4.21. The molecule has 2 aliphatic rings. The summed E-state index contributed by atoms with van der Waals surface area (Å²) < 4.78 is 38.7. The average Bonchev–Trinajstić information content (AvgIpc) is 3.10. The molecule has 1 fully saturated rings. The Labute approximate surface area is 168 Å². The summed E-state index contributed by atoms with van der Waals surface area (Å²) in [6, 6.07) is 6.40. The van der Waals surface area contributed by atoms with E-state index in [9.17, 15) is 13.2 Å². The van der Waals surface area contributed by atoms with Gasteiger partial charge in [-0.05, 0) is 55.4 Å². The van der Waals surface area contributed by atoms with Crippen LogP contribution in [0.15, 0.2) is 53.1 Å². The van der Waals surface area contributed by atoms with E-state index in [0.717, 1.165) is 9.87 Å². The van der Waals surface area contributed by atoms with Gasteiger partial charge in [0.2, 0.25) is 8.32 Å². The van der Waals surface area contributed by atoms with Crippen molar-refractivity contribution < 1.29 is 22.4 Å². The van der Waals surface area contributed by atoms with Crippen LogP contribution in [0.5, 0.6) is 0 Å². The largest absolute Gasteiger partial charge is 0.544 e. The standard InChI is InChI=1S/C20H27NO5SSi/c1-15-7-9-17(10-8-15)27(23,24)21-18(22)25-14-20(21)12-11-16(13-20)26-28(5,6)19(2,3)4/h7-13H,14H2,1-6H3/t20-/m0/s1. The van der Waals surface area contributed by atoms with E-state index in [4.69, 9.17) is 9.16 Å². The van der Waals surface area contributed by atoms with Crippen molar-refractivity contribution in [1.82, 2.24) is 4.31 Å². The molecule has 6 nitrogen and oxygen atoms in total. The smallest absolute Gasteiger partial charge is 0.425 e. The van der Waals surface area contributed by atoms with Gasteiger partial charge < -0.3 is 9.16 Å². The first-order chi connectivity index (χ1) is 12.8. The maximum absolute atomic E-state index is 13.2. The van der Waals surface area contributed by atoms with Gasteiger partial charge in [-0.3, -0.25) is 0 Å². The summed E-state index contributed by atoms with van der Waals surface area (Å²) in [5.74, 6) is 0.578. The van der Waals surface area contributed by atoms with Crippen LogP contribution in [0, 0.1) is 6.92 Å². The third-order valence-corrected chi connectivity index (χ3v) is 11.8. The lowest BCUT2D eigenvalue weighted by molar-refractivity contribution is 0.169. The van der Waals surface area contributed by atoms with E-state index in [-0.39, 0.29) is 16.5 Å². The second-order valence-electron chi connectivity index (χ2n) is 8.87. The van der Waals surface area contributed by atoms with Crippen molar-refractivity contribution in [3.05, 3.63) is 53.8 Å². The highest BCUT2D eigenvalue weighted by molar-refractivity contribution is 7.89. The Morgan fingerprint density at radius 1 is 1.18 bits per heavy atom. The highest BCUT2D eigenvalue weighted by atomic mass is 32.2. The van der Waals surface area contributed by atoms with Gasteiger partial charge in [-0.25, -0.2) is 13.2 Å². The van der Waals surface area contributed by atoms with Crippen LogP contribution >= 0.6 is 0 Å². The fourth-order valence-electron chi connectivity index (χ4n) is 2.90. The van der Waals surface area contributed by atoms with Crippen LogP contribution in [0.25, 0.3) is 0 Å². The van der Waals surface area contributed by atoms with Crippen LogP contribution < -0.4 is 0 Å². The quantitative estimate of drug-likeness (QED) is 0.676. The molecule has 1 aliphatic carbocycles. The van der Waals surface area contributed by atoms with Crippen LogP contribution in [0.4, 0.5) is 4.79 Å². The molecular formula is C20H27NO5SSi. The summed E-state index contributed by atoms with van der Waals surface area (Å²) in [5, 5.41) is -0.00685. The number of sulfonamides is 1. The molecule has 0 N–H and O–H groups in total. The molecule has 3 rings (SSSR count). The summed E-state index contributed by atoms with van der Waals surface area (Å²) in [4.78, 5) is 12.5. The zero-order chi connectivity index (χ0) is 21.0. The molecule has 1 heterocycles. The number of ether oxygens (including phenoxy) is 1. The first-order valence-electron chi connectivity index (χ1n) is 9.19. The van der Waals surface area contributed by atoms with E-state index in [2.05, 4.69) is 33.9 Å². The summed E-state index contributed by atoms with van der Waals surface area (Å²) >= 11 is 0. The van der Waals surface area contributed by atoms with Crippen molar-refractivity contribution in [2.45, 2.75) is 56.3 Å². The molecule has 0 unspecified atom stereocenters. The molecule has 0 saturated carbocycles. The topological polar surface area (TPSA) is 72.9 Å². The molecule has 1 atom stereocenters. The molecular weight excluding hydrogens is 394 g/mol. The van der Waals surface area contributed by atoms with E-state index in [1.807, 2.05) is 6.92 Å². The third kappa shape index (κ3) is 3.39. The van der Waals surface area contributed by atoms with Crippen molar-refractivity contribution in [2.24, 2.45) is 0 Å². The molecule has 0 aromatic heterocycles. The number of benzene rings is 1. The van der Waals surface area contributed by atoms with Crippen LogP contribution in [-0.4, -0.2) is 39.3 Å². The fourth-order valence-corrected chi connectivity index (χ4v) is 5.47. The van der Waals surface area contributed by atoms with Gasteiger partial charge in [-0.1, -0.05) is 38.5 Å². The molecule has 1 spiro atoms. The monoisotopic (exact) mass is 421 g/mol. The molecule has 152 valence electrons. The Morgan fingerprint density at radius 3 is 2.36 bits per heavy atom. The second kappa shape index (κ2) is 6.49. The molecule has 28 heavy (non-hydrogen) atoms. The van der Waals surface area contributed by atoms with Crippen molar-refractivity contribution in [2.75, 3.05) is 6.61 Å². The zero-order valence-corrected chi connectivity index (χ0v) is 19.0. The number of rotatable bonds is 4. The highest BCUT2D eigenvalue weighted by Gasteiger charge is 2.54. The number of aryl methyl sites for hydroxylation is 1. The van der Waals surface area contributed by atoms with E-state index in [0.29, 0.717) is 5.76 Å². The Kier molecular flexibility index (Phi) is 4.79. The first-order valence-corrected chi connectivity index (χ1v) is 13.5. The molecule has 1 saturated heterocycles. The number of amides is 1. The minimum Gasteiger partial charge on any atom is -0.544 e. The fraction of sp³-hybridized carbons (Fsp3) is 0.450. The zero-order valence-electron chi connectivity index (χ0n) is 17.1. The first kappa shape index (κ1) is 20.7. The lowest BCUT2D eigenvalue weighted by Gasteiger charge is -2.36. The van der Waals surface area contributed by atoms with Crippen LogP contribution in [0.3, 0.4) is 0 Å². The molecule has 0 bridgehead atoms. The van der Waals surface area contributed by atoms with Crippen molar-refractivity contribution in [3.8, 4) is 0 Å². The van der Waals surface area contributed by atoms with Gasteiger partial charge in [0.25, 0.3) is 10.0 Å². The number of hydrogen-bond acceptors (Lipinski definition) is 5. The van der Waals surface area contributed by atoms with Crippen molar-refractivity contribution in [3.63, 3.8) is 0 Å².